The van der Waals surface area contributed by atoms with Crippen molar-refractivity contribution in [2.45, 2.75) is 25.9 Å². The molecule has 0 aliphatic carbocycles. The van der Waals surface area contributed by atoms with E-state index < -0.39 is 0 Å². The molecular weight excluding hydrogens is 284 g/mol. The van der Waals surface area contributed by atoms with Crippen LogP contribution in [0.2, 0.25) is 0 Å². The predicted octanol–water partition coefficient (Wildman–Crippen LogP) is 3.21. The molecule has 0 amide bonds. The first-order valence-electron chi connectivity index (χ1n) is 6.72. The zero-order valence-corrected chi connectivity index (χ0v) is 13.0. The topological polar surface area (TPSA) is 71.5 Å². The highest BCUT2D eigenvalue weighted by Crippen LogP contribution is 2.24. The third-order valence-electron chi connectivity index (χ3n) is 3.27. The van der Waals surface area contributed by atoms with Crippen LogP contribution >= 0.6 is 11.8 Å². The van der Waals surface area contributed by atoms with Crippen molar-refractivity contribution in [3.8, 4) is 0 Å². The van der Waals surface area contributed by atoms with Gasteiger partial charge in [-0.2, -0.15) is 0 Å². The van der Waals surface area contributed by atoms with Crippen LogP contribution in [0.25, 0.3) is 22.1 Å². The molecule has 3 rings (SSSR count). The molecule has 1 N–H and O–H groups in total. The fraction of sp³-hybridized carbons (Fsp3) is 0.333. The van der Waals surface area contributed by atoms with Crippen molar-refractivity contribution in [3.63, 3.8) is 0 Å². The summed E-state index contributed by atoms with van der Waals surface area (Å²) in [5.74, 6) is 0.532. The Labute approximate surface area is 126 Å². The Morgan fingerprint density at radius 2 is 2.00 bits per heavy atom. The Morgan fingerprint density at radius 3 is 2.76 bits per heavy atom. The molecule has 0 aliphatic heterocycles. The maximum atomic E-state index is 11.9. The number of ketones is 1. The second-order valence-corrected chi connectivity index (χ2v) is 6.87. The number of nitrogens with zero attached hydrogens (tertiary/aromatic N) is 3. The molecule has 1 aromatic carbocycles. The summed E-state index contributed by atoms with van der Waals surface area (Å²) < 4.78 is 0. The molecular formula is C15H16N4OS. The van der Waals surface area contributed by atoms with Gasteiger partial charge in [-0.15, -0.1) is 10.2 Å². The van der Waals surface area contributed by atoms with Crippen LogP contribution in [0.3, 0.4) is 0 Å². The molecule has 0 saturated heterocycles. The molecule has 0 unspecified atom stereocenters. The Hall–Kier alpha value is -1.95. The van der Waals surface area contributed by atoms with Gasteiger partial charge >= 0.3 is 0 Å². The summed E-state index contributed by atoms with van der Waals surface area (Å²) in [6.45, 7) is 5.74. The molecule has 0 aliphatic rings. The van der Waals surface area contributed by atoms with Gasteiger partial charge in [0.05, 0.1) is 5.75 Å². The predicted molar refractivity (Wildman–Crippen MR) is 84.4 cm³/mol. The maximum absolute atomic E-state index is 11.9. The number of aromatic nitrogens is 4. The van der Waals surface area contributed by atoms with Crippen molar-refractivity contribution < 1.29 is 4.79 Å². The molecule has 108 valence electrons. The Kier molecular flexibility index (Phi) is 3.41. The van der Waals surface area contributed by atoms with Crippen LogP contribution < -0.4 is 0 Å². The average Bonchev–Trinajstić information content (AvgIpc) is 2.81. The number of benzene rings is 1. The number of hydrogen-bond acceptors (Lipinski definition) is 5. The normalized spacial score (nSPS) is 12.1. The summed E-state index contributed by atoms with van der Waals surface area (Å²) in [5, 5.41) is 9.88. The molecule has 0 radical (unpaired) electrons. The van der Waals surface area contributed by atoms with Crippen molar-refractivity contribution >= 4 is 39.6 Å². The Balaban J connectivity index is 1.88. The van der Waals surface area contributed by atoms with E-state index in [0.717, 1.165) is 16.4 Å². The van der Waals surface area contributed by atoms with E-state index in [4.69, 9.17) is 0 Å². The van der Waals surface area contributed by atoms with Crippen LogP contribution in [-0.4, -0.2) is 31.7 Å². The van der Waals surface area contributed by atoms with E-state index in [1.165, 1.54) is 11.8 Å². The lowest BCUT2D eigenvalue weighted by Crippen LogP contribution is -2.22. The Bertz CT molecular complexity index is 819. The first-order chi connectivity index (χ1) is 9.95. The second kappa shape index (κ2) is 5.11. The number of H-pyrrole nitrogens is 1. The zero-order chi connectivity index (χ0) is 15.0. The number of nitrogens with one attached hydrogen (secondary N) is 1. The summed E-state index contributed by atoms with van der Waals surface area (Å²) in [7, 11) is 0. The summed E-state index contributed by atoms with van der Waals surface area (Å²) in [6, 6.07) is 7.89. The smallest absolute Gasteiger partial charge is 0.211 e. The number of para-hydroxylation sites is 1. The molecule has 2 aromatic heterocycles. The third-order valence-corrected chi connectivity index (χ3v) is 4.11. The number of carbonyl (C=O) groups excluding carboxylic acids is 1. The number of Topliss-reactive ketones (excluding diaryl/α,β-unsaturated/α-hetero) is 1. The number of hydrogen-bond donors (Lipinski definition) is 1. The lowest BCUT2D eigenvalue weighted by atomic mass is 9.92. The molecule has 0 spiro atoms. The number of fused-ring (bicyclic) bond motifs is 3. The fourth-order valence-corrected chi connectivity index (χ4v) is 2.86. The van der Waals surface area contributed by atoms with Gasteiger partial charge in [-0.1, -0.05) is 50.7 Å². The minimum absolute atomic E-state index is 0.174. The molecule has 2 heterocycles. The zero-order valence-electron chi connectivity index (χ0n) is 12.2. The first kappa shape index (κ1) is 14.0. The molecule has 0 saturated carbocycles. The number of thioether (sulfide) groups is 1. The Morgan fingerprint density at radius 1 is 1.24 bits per heavy atom. The molecule has 0 fully saturated rings. The lowest BCUT2D eigenvalue weighted by Gasteiger charge is -2.15. The van der Waals surface area contributed by atoms with Crippen LogP contribution in [-0.2, 0) is 4.79 Å². The lowest BCUT2D eigenvalue weighted by molar-refractivity contribution is -0.123. The monoisotopic (exact) mass is 300 g/mol. The van der Waals surface area contributed by atoms with Crippen molar-refractivity contribution in [2.75, 3.05) is 5.75 Å². The van der Waals surface area contributed by atoms with Gasteiger partial charge in [0.25, 0.3) is 0 Å². The molecule has 5 nitrogen and oxygen atoms in total. The maximum Gasteiger partial charge on any atom is 0.211 e. The van der Waals surface area contributed by atoms with Crippen LogP contribution in [0, 0.1) is 5.41 Å². The molecule has 6 heteroatoms. The van der Waals surface area contributed by atoms with Gasteiger partial charge in [-0.25, -0.2) is 4.98 Å². The molecule has 0 bridgehead atoms. The van der Waals surface area contributed by atoms with Gasteiger partial charge in [0.2, 0.25) is 5.16 Å². The highest BCUT2D eigenvalue weighted by atomic mass is 32.2. The van der Waals surface area contributed by atoms with Gasteiger partial charge in [0.1, 0.15) is 11.3 Å². The van der Waals surface area contributed by atoms with E-state index in [1.54, 1.807) is 0 Å². The van der Waals surface area contributed by atoms with E-state index in [0.29, 0.717) is 16.6 Å². The number of aromatic amines is 1. The number of rotatable bonds is 3. The fourth-order valence-electron chi connectivity index (χ4n) is 1.91. The summed E-state index contributed by atoms with van der Waals surface area (Å²) in [6.07, 6.45) is 0. The van der Waals surface area contributed by atoms with Crippen molar-refractivity contribution in [1.82, 2.24) is 20.2 Å². The van der Waals surface area contributed by atoms with Gasteiger partial charge in [0.15, 0.2) is 5.65 Å². The van der Waals surface area contributed by atoms with Crippen molar-refractivity contribution in [2.24, 2.45) is 5.41 Å². The SMILES string of the molecule is CC(C)(C)C(=O)CSc1nnc2c(n1)[nH]c1ccccc12. The van der Waals surface area contributed by atoms with Crippen molar-refractivity contribution in [1.29, 1.82) is 0 Å². The second-order valence-electron chi connectivity index (χ2n) is 5.92. The minimum atomic E-state index is -0.342. The van der Waals surface area contributed by atoms with Crippen molar-refractivity contribution in [3.05, 3.63) is 24.3 Å². The molecule has 3 aromatic rings. The number of carbonyl (C=O) groups is 1. The highest BCUT2D eigenvalue weighted by molar-refractivity contribution is 7.99. The standard InChI is InChI=1S/C15H16N4OS/c1-15(2,3)11(20)8-21-14-17-13-12(18-19-14)9-6-4-5-7-10(9)16-13/h4-7H,8H2,1-3H3,(H,16,17,19). The summed E-state index contributed by atoms with van der Waals surface area (Å²) in [4.78, 5) is 19.6. The van der Waals surface area contributed by atoms with Gasteiger partial charge < -0.3 is 4.98 Å². The van der Waals surface area contributed by atoms with E-state index >= 15 is 0 Å². The van der Waals surface area contributed by atoms with Crippen LogP contribution in [0.4, 0.5) is 0 Å². The van der Waals surface area contributed by atoms with Crippen LogP contribution in [0.15, 0.2) is 29.4 Å². The van der Waals surface area contributed by atoms with Gasteiger partial charge in [-0.05, 0) is 6.07 Å². The van der Waals surface area contributed by atoms with E-state index in [-0.39, 0.29) is 11.2 Å². The van der Waals surface area contributed by atoms with Crippen LogP contribution in [0.5, 0.6) is 0 Å². The molecule has 21 heavy (non-hydrogen) atoms. The quantitative estimate of drug-likeness (QED) is 0.752. The molecule has 0 atom stereocenters. The summed E-state index contributed by atoms with van der Waals surface area (Å²) in [5.41, 5.74) is 2.11. The minimum Gasteiger partial charge on any atom is -0.338 e. The van der Waals surface area contributed by atoms with E-state index in [2.05, 4.69) is 20.2 Å². The first-order valence-corrected chi connectivity index (χ1v) is 7.71. The summed E-state index contributed by atoms with van der Waals surface area (Å²) >= 11 is 1.33. The highest BCUT2D eigenvalue weighted by Gasteiger charge is 2.21. The average molecular weight is 300 g/mol. The van der Waals surface area contributed by atoms with E-state index in [1.807, 2.05) is 45.0 Å². The van der Waals surface area contributed by atoms with Gasteiger partial charge in [0, 0.05) is 16.3 Å². The van der Waals surface area contributed by atoms with Gasteiger partial charge in [-0.3, -0.25) is 4.79 Å². The third kappa shape index (κ3) is 2.76. The van der Waals surface area contributed by atoms with E-state index in [9.17, 15) is 4.79 Å². The largest absolute Gasteiger partial charge is 0.338 e. The van der Waals surface area contributed by atoms with Crippen LogP contribution in [0.1, 0.15) is 20.8 Å².